The van der Waals surface area contributed by atoms with Crippen molar-refractivity contribution in [1.82, 2.24) is 5.32 Å². The van der Waals surface area contributed by atoms with Gasteiger partial charge in [0.15, 0.2) is 6.10 Å². The normalized spacial score (nSPS) is 13.6. The van der Waals surface area contributed by atoms with Gasteiger partial charge in [0.1, 0.15) is 0 Å². The third kappa shape index (κ3) is 3.56. The maximum atomic E-state index is 13.1. The van der Waals surface area contributed by atoms with Crippen LogP contribution in [-0.2, 0) is 9.53 Å². The minimum Gasteiger partial charge on any atom is -0.449 e. The highest BCUT2D eigenvalue weighted by molar-refractivity contribution is 6.35. The fourth-order valence-electron chi connectivity index (χ4n) is 3.52. The Morgan fingerprint density at radius 3 is 2.00 bits per heavy atom. The lowest BCUT2D eigenvalue weighted by atomic mass is 9.94. The SMILES string of the molecule is CC(OC(=O)c1ccc(N2C(=O)c3cccc4cccc(c34)C2=O)cc1)C(=O)NC(N)=O. The number of benzene rings is 3. The Labute approximate surface area is 181 Å². The number of nitrogens with two attached hydrogens (primary N) is 1. The van der Waals surface area contributed by atoms with E-state index < -0.39 is 35.8 Å². The number of esters is 1. The fraction of sp³-hybridized carbons (Fsp3) is 0.0870. The molecule has 1 unspecified atom stereocenters. The zero-order valence-corrected chi connectivity index (χ0v) is 16.8. The quantitative estimate of drug-likeness (QED) is 0.481. The van der Waals surface area contributed by atoms with Gasteiger partial charge in [-0.15, -0.1) is 0 Å². The molecule has 0 fully saturated rings. The Bertz CT molecular complexity index is 1250. The van der Waals surface area contributed by atoms with Crippen molar-refractivity contribution in [3.05, 3.63) is 77.4 Å². The lowest BCUT2D eigenvalue weighted by molar-refractivity contribution is -0.127. The van der Waals surface area contributed by atoms with Crippen LogP contribution < -0.4 is 16.0 Å². The van der Waals surface area contributed by atoms with Gasteiger partial charge in [0.05, 0.1) is 11.3 Å². The largest absolute Gasteiger partial charge is 0.449 e. The van der Waals surface area contributed by atoms with Crippen LogP contribution in [-0.4, -0.2) is 35.8 Å². The number of carbonyl (C=O) groups excluding carboxylic acids is 5. The van der Waals surface area contributed by atoms with Crippen LogP contribution in [0.1, 0.15) is 38.0 Å². The number of urea groups is 1. The molecule has 5 amide bonds. The maximum Gasteiger partial charge on any atom is 0.338 e. The molecule has 3 aromatic rings. The summed E-state index contributed by atoms with van der Waals surface area (Å²) in [6, 6.07) is 15.1. The third-order valence-electron chi connectivity index (χ3n) is 5.03. The number of nitrogens with zero attached hydrogens (tertiary/aromatic N) is 1. The number of anilines is 1. The average Bonchev–Trinajstić information content (AvgIpc) is 2.77. The van der Waals surface area contributed by atoms with Crippen molar-refractivity contribution in [3.8, 4) is 0 Å². The number of hydrogen-bond donors (Lipinski definition) is 2. The fourth-order valence-corrected chi connectivity index (χ4v) is 3.52. The first-order valence-corrected chi connectivity index (χ1v) is 9.60. The number of rotatable bonds is 4. The number of carbonyl (C=O) groups is 5. The molecular formula is C23H17N3O6. The zero-order valence-electron chi connectivity index (χ0n) is 16.8. The summed E-state index contributed by atoms with van der Waals surface area (Å²) >= 11 is 0. The maximum absolute atomic E-state index is 13.1. The van der Waals surface area contributed by atoms with Gasteiger partial charge in [-0.05, 0) is 48.7 Å². The number of hydrogen-bond acceptors (Lipinski definition) is 6. The zero-order chi connectivity index (χ0) is 23.0. The van der Waals surface area contributed by atoms with Gasteiger partial charge < -0.3 is 10.5 Å². The van der Waals surface area contributed by atoms with E-state index in [1.807, 2.05) is 17.4 Å². The van der Waals surface area contributed by atoms with E-state index in [2.05, 4.69) is 0 Å². The first-order chi connectivity index (χ1) is 15.3. The molecule has 0 bridgehead atoms. The first kappa shape index (κ1) is 20.7. The van der Waals surface area contributed by atoms with Gasteiger partial charge >= 0.3 is 12.0 Å². The molecule has 4 rings (SSSR count). The molecule has 1 atom stereocenters. The summed E-state index contributed by atoms with van der Waals surface area (Å²) in [5, 5.41) is 3.23. The van der Waals surface area contributed by atoms with Crippen LogP contribution >= 0.6 is 0 Å². The standard InChI is InChI=1S/C23H17N3O6/c1-12(19(27)25-23(24)31)32-22(30)14-8-10-15(11-9-14)26-20(28)16-6-2-4-13-5-3-7-17(18(13)16)21(26)29/h2-12H,1H3,(H3,24,25,27,31). The Morgan fingerprint density at radius 2 is 1.47 bits per heavy atom. The second kappa shape index (κ2) is 7.95. The summed E-state index contributed by atoms with van der Waals surface area (Å²) in [5.41, 5.74) is 6.06. The summed E-state index contributed by atoms with van der Waals surface area (Å²) in [4.78, 5) is 61.9. The number of ether oxygens (including phenoxy) is 1. The summed E-state index contributed by atoms with van der Waals surface area (Å²) in [7, 11) is 0. The molecule has 0 spiro atoms. The van der Waals surface area contributed by atoms with Crippen molar-refractivity contribution in [3.63, 3.8) is 0 Å². The Kier molecular flexibility index (Phi) is 5.15. The smallest absolute Gasteiger partial charge is 0.338 e. The van der Waals surface area contributed by atoms with Gasteiger partial charge in [-0.25, -0.2) is 14.5 Å². The molecular weight excluding hydrogens is 414 g/mol. The molecule has 1 heterocycles. The molecule has 1 aliphatic rings. The van der Waals surface area contributed by atoms with Crippen LogP contribution in [0.25, 0.3) is 10.8 Å². The summed E-state index contributed by atoms with van der Waals surface area (Å²) in [6.45, 7) is 1.29. The predicted octanol–water partition coefficient (Wildman–Crippen LogP) is 2.38. The first-order valence-electron chi connectivity index (χ1n) is 9.60. The van der Waals surface area contributed by atoms with E-state index in [4.69, 9.17) is 10.5 Å². The lowest BCUT2D eigenvalue weighted by Gasteiger charge is -2.27. The van der Waals surface area contributed by atoms with Crippen molar-refractivity contribution in [2.45, 2.75) is 13.0 Å². The molecule has 0 radical (unpaired) electrons. The molecule has 3 aromatic carbocycles. The molecule has 9 nitrogen and oxygen atoms in total. The van der Waals surface area contributed by atoms with Crippen LogP contribution in [0.5, 0.6) is 0 Å². The van der Waals surface area contributed by atoms with Gasteiger partial charge in [-0.3, -0.25) is 19.7 Å². The molecule has 160 valence electrons. The minimum atomic E-state index is -1.25. The van der Waals surface area contributed by atoms with Gasteiger partial charge in [0.25, 0.3) is 17.7 Å². The van der Waals surface area contributed by atoms with Crippen LogP contribution in [0.15, 0.2) is 60.7 Å². The molecule has 1 aliphatic heterocycles. The minimum absolute atomic E-state index is 0.0897. The van der Waals surface area contributed by atoms with Crippen LogP contribution in [0, 0.1) is 0 Å². The van der Waals surface area contributed by atoms with E-state index in [0.717, 1.165) is 10.3 Å². The van der Waals surface area contributed by atoms with E-state index in [1.165, 1.54) is 31.2 Å². The van der Waals surface area contributed by atoms with Crippen LogP contribution in [0.3, 0.4) is 0 Å². The second-order valence-electron chi connectivity index (χ2n) is 7.10. The van der Waals surface area contributed by atoms with Crippen molar-refractivity contribution >= 4 is 46.2 Å². The van der Waals surface area contributed by atoms with Crippen LogP contribution in [0.4, 0.5) is 10.5 Å². The van der Waals surface area contributed by atoms with E-state index in [0.29, 0.717) is 16.5 Å². The van der Waals surface area contributed by atoms with E-state index in [-0.39, 0.29) is 11.3 Å². The lowest BCUT2D eigenvalue weighted by Crippen LogP contribution is -2.42. The summed E-state index contributed by atoms with van der Waals surface area (Å²) in [6.07, 6.45) is -1.25. The van der Waals surface area contributed by atoms with Gasteiger partial charge in [-0.1, -0.05) is 24.3 Å². The number of nitrogens with one attached hydrogen (secondary N) is 1. The molecule has 0 aliphatic carbocycles. The monoisotopic (exact) mass is 431 g/mol. The summed E-state index contributed by atoms with van der Waals surface area (Å²) < 4.78 is 5.01. The van der Waals surface area contributed by atoms with Crippen LogP contribution in [0.2, 0.25) is 0 Å². The van der Waals surface area contributed by atoms with Gasteiger partial charge in [0, 0.05) is 16.5 Å². The molecule has 9 heteroatoms. The Balaban J connectivity index is 1.58. The van der Waals surface area contributed by atoms with Crippen molar-refractivity contribution < 1.29 is 28.7 Å². The van der Waals surface area contributed by atoms with E-state index in [1.54, 1.807) is 24.3 Å². The second-order valence-corrected chi connectivity index (χ2v) is 7.10. The van der Waals surface area contributed by atoms with Gasteiger partial charge in [-0.2, -0.15) is 0 Å². The molecule has 0 saturated heterocycles. The highest BCUT2D eigenvalue weighted by atomic mass is 16.5. The molecule has 0 aromatic heterocycles. The topological polar surface area (TPSA) is 136 Å². The predicted molar refractivity (Wildman–Crippen MR) is 114 cm³/mol. The number of amides is 5. The highest BCUT2D eigenvalue weighted by Crippen LogP contribution is 2.32. The van der Waals surface area contributed by atoms with Crippen molar-refractivity contribution in [1.29, 1.82) is 0 Å². The Hall–Kier alpha value is -4.53. The van der Waals surface area contributed by atoms with E-state index in [9.17, 15) is 24.0 Å². The number of primary amides is 1. The van der Waals surface area contributed by atoms with Crippen molar-refractivity contribution in [2.24, 2.45) is 5.73 Å². The van der Waals surface area contributed by atoms with Crippen molar-refractivity contribution in [2.75, 3.05) is 4.90 Å². The Morgan fingerprint density at radius 1 is 0.906 bits per heavy atom. The average molecular weight is 431 g/mol. The van der Waals surface area contributed by atoms with Gasteiger partial charge in [0.2, 0.25) is 0 Å². The van der Waals surface area contributed by atoms with E-state index >= 15 is 0 Å². The number of imide groups is 2. The highest BCUT2D eigenvalue weighted by Gasteiger charge is 2.33. The molecule has 3 N–H and O–H groups in total. The third-order valence-corrected chi connectivity index (χ3v) is 5.03. The molecule has 0 saturated carbocycles. The molecule has 32 heavy (non-hydrogen) atoms. The summed E-state index contributed by atoms with van der Waals surface area (Å²) in [5.74, 6) is -2.62.